The summed E-state index contributed by atoms with van der Waals surface area (Å²) in [6.45, 7) is 0. The first-order valence-corrected chi connectivity index (χ1v) is 33.1. The molecule has 0 aromatic rings. The summed E-state index contributed by atoms with van der Waals surface area (Å²) >= 11 is -5.79. The Morgan fingerprint density at radius 3 is 0.867 bits per heavy atom. The molecule has 0 atom stereocenters. The number of hydrogen-bond donors (Lipinski definition) is 0. The predicted molar refractivity (Wildman–Crippen MR) is 69.7 cm³/mol. The second-order valence-corrected chi connectivity index (χ2v) is 85.3. The molecule has 0 aliphatic carbocycles. The number of rotatable bonds is 5. The van der Waals surface area contributed by atoms with Crippen molar-refractivity contribution in [2.75, 3.05) is 0 Å². The molecule has 95 valence electrons. The average Bonchev–Trinajstić information content (AvgIpc) is 2.04. The first-order valence-electron chi connectivity index (χ1n) is 4.67. The zero-order valence-electron chi connectivity index (χ0n) is 10.3. The van der Waals surface area contributed by atoms with Crippen LogP contribution in [0.15, 0.2) is 0 Å². The first kappa shape index (κ1) is 16.2. The maximum absolute atomic E-state index is 11.6. The standard InChI is InChI=1S/3CHO.6CH3.Fe.2Sb.2H/c3*1-2;;;;;;;;;;;/h3*1H;6*1H3;;;;;. The van der Waals surface area contributed by atoms with Crippen LogP contribution in [0.1, 0.15) is 0 Å². The van der Waals surface area contributed by atoms with Crippen molar-refractivity contribution in [3.05, 3.63) is 0 Å². The van der Waals surface area contributed by atoms with Crippen LogP contribution in [-0.4, -0.2) is 48.6 Å². The molecular formula is C9H23FeO3Sb2. The molecule has 0 saturated carbocycles. The quantitative estimate of drug-likeness (QED) is 0.443. The Morgan fingerprint density at radius 2 is 0.867 bits per heavy atom. The topological polar surface area (TPSA) is 51.2 Å². The minimum absolute atomic E-state index is 0.828. The number of carbonyl (C=O) groups excluding carboxylic acids is 3. The summed E-state index contributed by atoms with van der Waals surface area (Å²) in [5.74, 6) is 0. The second kappa shape index (κ2) is 4.45. The van der Waals surface area contributed by atoms with Crippen molar-refractivity contribution >= 4 is 48.6 Å². The van der Waals surface area contributed by atoms with E-state index in [0.29, 0.717) is 0 Å². The molecule has 0 spiro atoms. The normalized spacial score (nSPS) is 18.4. The van der Waals surface area contributed by atoms with E-state index in [4.69, 9.17) is 0 Å². The summed E-state index contributed by atoms with van der Waals surface area (Å²) < 4.78 is 0. The van der Waals surface area contributed by atoms with E-state index >= 15 is 0 Å². The van der Waals surface area contributed by atoms with Crippen LogP contribution in [0.5, 0.6) is 0 Å². The van der Waals surface area contributed by atoms with Gasteiger partial charge in [0.1, 0.15) is 0 Å². The molecule has 0 N–H and O–H groups in total. The summed E-state index contributed by atoms with van der Waals surface area (Å²) in [6, 6.07) is 0. The van der Waals surface area contributed by atoms with Crippen LogP contribution in [0.2, 0.25) is 29.2 Å². The molecule has 15 heavy (non-hydrogen) atoms. The Balaban J connectivity index is 6.34. The van der Waals surface area contributed by atoms with Gasteiger partial charge in [0.2, 0.25) is 0 Å². The van der Waals surface area contributed by atoms with Crippen LogP contribution < -0.4 is 0 Å². The van der Waals surface area contributed by atoms with E-state index in [-0.39, 0.29) is 0 Å². The zero-order chi connectivity index (χ0) is 12.6. The fourth-order valence-corrected chi connectivity index (χ4v) is 169. The van der Waals surface area contributed by atoms with Gasteiger partial charge in [-0.15, -0.1) is 0 Å². The van der Waals surface area contributed by atoms with Crippen LogP contribution in [0.3, 0.4) is 0 Å². The van der Waals surface area contributed by atoms with Crippen molar-refractivity contribution in [2.45, 2.75) is 29.2 Å². The van der Waals surface area contributed by atoms with Crippen LogP contribution in [0, 0.1) is 0 Å². The summed E-state index contributed by atoms with van der Waals surface area (Å²) in [5.41, 5.74) is 0. The zero-order valence-corrected chi connectivity index (χ0v) is 17.1. The van der Waals surface area contributed by atoms with Crippen molar-refractivity contribution in [2.24, 2.45) is 0 Å². The molecule has 0 unspecified atom stereocenters. The Morgan fingerprint density at radius 1 is 0.667 bits per heavy atom. The van der Waals surface area contributed by atoms with Gasteiger partial charge in [-0.05, 0) is 0 Å². The molecule has 0 aliphatic rings. The molecule has 0 rings (SSSR count). The Labute approximate surface area is 96.0 Å². The van der Waals surface area contributed by atoms with E-state index in [2.05, 4.69) is 29.2 Å². The number of hydrogen-bond acceptors (Lipinski definition) is 3. The van der Waals surface area contributed by atoms with E-state index < -0.39 is 38.2 Å². The Bertz CT molecular complexity index is 259. The maximum atomic E-state index is 11.6. The molecule has 0 aromatic carbocycles. The minimum atomic E-state index is -3.42. The van der Waals surface area contributed by atoms with Gasteiger partial charge in [-0.1, -0.05) is 0 Å². The van der Waals surface area contributed by atoms with E-state index in [1.54, 1.807) is 0 Å². The van der Waals surface area contributed by atoms with E-state index in [1.807, 2.05) is 0 Å². The van der Waals surface area contributed by atoms with E-state index in [1.165, 1.54) is 0 Å². The summed E-state index contributed by atoms with van der Waals surface area (Å²) in [6.07, 6.45) is 0. The third kappa shape index (κ3) is 1.90. The molecule has 0 radical (unpaired) electrons. The molecule has 6 heteroatoms. The van der Waals surface area contributed by atoms with Gasteiger partial charge in [0.15, 0.2) is 0 Å². The van der Waals surface area contributed by atoms with Crippen molar-refractivity contribution < 1.29 is 19.5 Å². The summed E-state index contributed by atoms with van der Waals surface area (Å²) in [7, 11) is 0. The van der Waals surface area contributed by atoms with E-state index in [0.717, 1.165) is 15.6 Å². The Kier molecular flexibility index (Phi) is 4.79. The fraction of sp³-hybridized carbons (Fsp3) is 0.667. The SMILES string of the molecule is [CH3][SbH]([CH3])([CH3])[Fe]([CH]=O)([CH]=O)([CH]=O)[SbH]([CH3])([CH3])[CH3]. The van der Waals surface area contributed by atoms with Gasteiger partial charge < -0.3 is 0 Å². The monoisotopic (exact) mass is 477 g/mol. The predicted octanol–water partition coefficient (Wildman–Crippen LogP) is 1.38. The van der Waals surface area contributed by atoms with Crippen molar-refractivity contribution in [3.8, 4) is 0 Å². The first-order chi connectivity index (χ1) is 6.52. The molecule has 0 heterocycles. The number of carbonyl (C=O) groups is 3. The molecule has 3 nitrogen and oxygen atoms in total. The molecule has 0 fully saturated rings. The van der Waals surface area contributed by atoms with Crippen LogP contribution >= 0.6 is 0 Å². The van der Waals surface area contributed by atoms with E-state index in [9.17, 15) is 14.4 Å². The van der Waals surface area contributed by atoms with Gasteiger partial charge in [-0.3, -0.25) is 0 Å². The van der Waals surface area contributed by atoms with Crippen LogP contribution in [0.25, 0.3) is 0 Å². The van der Waals surface area contributed by atoms with Gasteiger partial charge in [0.25, 0.3) is 0 Å². The van der Waals surface area contributed by atoms with Crippen molar-refractivity contribution in [3.63, 3.8) is 0 Å². The Hall–Kier alpha value is 1.17. The van der Waals surface area contributed by atoms with Gasteiger partial charge in [0, 0.05) is 0 Å². The van der Waals surface area contributed by atoms with Gasteiger partial charge in [0.05, 0.1) is 0 Å². The molecular weight excluding hydrogens is 455 g/mol. The fourth-order valence-electron chi connectivity index (χ4n) is 1.60. The molecule has 0 bridgehead atoms. The van der Waals surface area contributed by atoms with Gasteiger partial charge >= 0.3 is 97.3 Å². The summed E-state index contributed by atoms with van der Waals surface area (Å²) in [4.78, 5) is 47.1. The van der Waals surface area contributed by atoms with Crippen molar-refractivity contribution in [1.29, 1.82) is 0 Å². The third-order valence-electron chi connectivity index (χ3n) is 2.91. The van der Waals surface area contributed by atoms with Gasteiger partial charge in [-0.25, -0.2) is 0 Å². The molecule has 0 aromatic heterocycles. The van der Waals surface area contributed by atoms with Gasteiger partial charge in [-0.2, -0.15) is 0 Å². The molecule has 0 saturated heterocycles. The third-order valence-corrected chi connectivity index (χ3v) is 157. The molecule has 0 amide bonds. The second-order valence-electron chi connectivity index (χ2n) is 5.36. The van der Waals surface area contributed by atoms with Crippen LogP contribution in [-0.2, 0) is 19.5 Å². The summed E-state index contributed by atoms with van der Waals surface area (Å²) in [5, 5.41) is -0.937. The average molecular weight is 479 g/mol. The molecule has 0 aliphatic heterocycles. The van der Waals surface area contributed by atoms with Crippen LogP contribution in [0.4, 0.5) is 0 Å². The van der Waals surface area contributed by atoms with Crippen molar-refractivity contribution in [1.82, 2.24) is 0 Å².